The number of likely N-dealkylation sites (tertiary alicyclic amines) is 1. The second-order valence-corrected chi connectivity index (χ2v) is 4.55. The number of benzene rings is 1. The van der Waals surface area contributed by atoms with Crippen LogP contribution in [0.3, 0.4) is 0 Å². The summed E-state index contributed by atoms with van der Waals surface area (Å²) in [7, 11) is 0. The fourth-order valence-electron chi connectivity index (χ4n) is 2.59. The topological polar surface area (TPSA) is 40.5 Å². The Kier molecular flexibility index (Phi) is 3.61. The molecule has 2 atom stereocenters. The average molecular weight is 255 g/mol. The highest BCUT2D eigenvalue weighted by molar-refractivity contribution is 5.73. The Bertz CT molecular complexity index is 444. The highest BCUT2D eigenvalue weighted by atomic mass is 19.1. The van der Waals surface area contributed by atoms with E-state index in [1.807, 2.05) is 0 Å². The molecule has 1 aliphatic rings. The van der Waals surface area contributed by atoms with E-state index in [0.717, 1.165) is 6.42 Å². The molecular formula is C13H15F2NO2. The molecule has 0 radical (unpaired) electrons. The van der Waals surface area contributed by atoms with Gasteiger partial charge in [0.05, 0.1) is 0 Å². The number of rotatable bonds is 3. The summed E-state index contributed by atoms with van der Waals surface area (Å²) in [5.74, 6) is -2.19. The second-order valence-electron chi connectivity index (χ2n) is 4.55. The van der Waals surface area contributed by atoms with E-state index in [1.165, 1.54) is 18.2 Å². The lowest BCUT2D eigenvalue weighted by atomic mass is 10.0. The lowest BCUT2D eigenvalue weighted by Gasteiger charge is -2.28. The SMILES string of the molecule is CC(c1c(F)cccc1F)N1CCCC1C(=O)O. The van der Waals surface area contributed by atoms with Crippen LogP contribution in [0.2, 0.25) is 0 Å². The smallest absolute Gasteiger partial charge is 0.320 e. The van der Waals surface area contributed by atoms with Gasteiger partial charge in [-0.15, -0.1) is 0 Å². The van der Waals surface area contributed by atoms with Gasteiger partial charge in [0.15, 0.2) is 0 Å². The van der Waals surface area contributed by atoms with Crippen molar-refractivity contribution in [2.75, 3.05) is 6.54 Å². The van der Waals surface area contributed by atoms with Crippen molar-refractivity contribution in [3.8, 4) is 0 Å². The summed E-state index contributed by atoms with van der Waals surface area (Å²) < 4.78 is 27.3. The van der Waals surface area contributed by atoms with Crippen LogP contribution in [0, 0.1) is 11.6 Å². The number of carboxylic acid groups (broad SMARTS) is 1. The first kappa shape index (κ1) is 13.0. The monoisotopic (exact) mass is 255 g/mol. The van der Waals surface area contributed by atoms with Gasteiger partial charge in [0.2, 0.25) is 0 Å². The van der Waals surface area contributed by atoms with Crippen molar-refractivity contribution in [3.05, 3.63) is 35.4 Å². The van der Waals surface area contributed by atoms with Gasteiger partial charge in [-0.05, 0) is 38.4 Å². The molecule has 0 saturated carbocycles. The molecule has 2 rings (SSSR count). The van der Waals surface area contributed by atoms with Crippen molar-refractivity contribution < 1.29 is 18.7 Å². The third-order valence-corrected chi connectivity index (χ3v) is 3.49. The maximum Gasteiger partial charge on any atom is 0.320 e. The van der Waals surface area contributed by atoms with Crippen LogP contribution in [0.5, 0.6) is 0 Å². The van der Waals surface area contributed by atoms with E-state index in [1.54, 1.807) is 11.8 Å². The van der Waals surface area contributed by atoms with Crippen molar-refractivity contribution in [2.24, 2.45) is 0 Å². The molecule has 98 valence electrons. The Balaban J connectivity index is 2.31. The van der Waals surface area contributed by atoms with Gasteiger partial charge >= 0.3 is 5.97 Å². The summed E-state index contributed by atoms with van der Waals surface area (Å²) in [5.41, 5.74) is -0.0503. The first-order valence-electron chi connectivity index (χ1n) is 5.95. The first-order valence-corrected chi connectivity index (χ1v) is 5.95. The van der Waals surface area contributed by atoms with E-state index in [9.17, 15) is 13.6 Å². The van der Waals surface area contributed by atoms with Crippen molar-refractivity contribution in [3.63, 3.8) is 0 Å². The number of halogens is 2. The lowest BCUT2D eigenvalue weighted by molar-refractivity contribution is -0.142. The van der Waals surface area contributed by atoms with Crippen LogP contribution in [0.25, 0.3) is 0 Å². The molecule has 18 heavy (non-hydrogen) atoms. The normalized spacial score (nSPS) is 22.1. The highest BCUT2D eigenvalue weighted by Gasteiger charge is 2.35. The minimum Gasteiger partial charge on any atom is -0.480 e. The van der Waals surface area contributed by atoms with Gasteiger partial charge in [0, 0.05) is 11.6 Å². The standard InChI is InChI=1S/C13H15F2NO2/c1-8(12-9(14)4-2-5-10(12)15)16-7-3-6-11(16)13(17)18/h2,4-5,8,11H,3,6-7H2,1H3,(H,17,18). The molecule has 1 saturated heterocycles. The minimum atomic E-state index is -0.934. The predicted octanol–water partition coefficient (Wildman–Crippen LogP) is 2.57. The molecule has 0 spiro atoms. The molecule has 1 heterocycles. The number of hydrogen-bond donors (Lipinski definition) is 1. The van der Waals surface area contributed by atoms with Crippen molar-refractivity contribution in [2.45, 2.75) is 31.8 Å². The van der Waals surface area contributed by atoms with Crippen molar-refractivity contribution in [1.29, 1.82) is 0 Å². The van der Waals surface area contributed by atoms with E-state index in [2.05, 4.69) is 0 Å². The van der Waals surface area contributed by atoms with Crippen molar-refractivity contribution in [1.82, 2.24) is 4.90 Å². The Morgan fingerprint density at radius 1 is 1.44 bits per heavy atom. The number of nitrogens with zero attached hydrogens (tertiary/aromatic N) is 1. The van der Waals surface area contributed by atoms with Crippen molar-refractivity contribution >= 4 is 5.97 Å². The number of carbonyl (C=O) groups is 1. The maximum atomic E-state index is 13.7. The van der Waals surface area contributed by atoms with Crippen LogP contribution in [0.1, 0.15) is 31.4 Å². The molecule has 1 aromatic carbocycles. The zero-order chi connectivity index (χ0) is 13.3. The Labute approximate surface area is 104 Å². The van der Waals surface area contributed by atoms with Gasteiger partial charge in [0.25, 0.3) is 0 Å². The quantitative estimate of drug-likeness (QED) is 0.902. The predicted molar refractivity (Wildman–Crippen MR) is 62.1 cm³/mol. The molecule has 1 aromatic rings. The number of carboxylic acids is 1. The molecule has 0 aromatic heterocycles. The van der Waals surface area contributed by atoms with E-state index < -0.39 is 29.7 Å². The van der Waals surface area contributed by atoms with Gasteiger partial charge in [0.1, 0.15) is 17.7 Å². The van der Waals surface area contributed by atoms with Crippen LogP contribution in [-0.4, -0.2) is 28.6 Å². The lowest BCUT2D eigenvalue weighted by Crippen LogP contribution is -2.38. The molecule has 1 N–H and O–H groups in total. The molecule has 1 fully saturated rings. The first-order chi connectivity index (χ1) is 8.52. The molecule has 3 nitrogen and oxygen atoms in total. The Morgan fingerprint density at radius 2 is 2.06 bits per heavy atom. The Hall–Kier alpha value is -1.49. The summed E-state index contributed by atoms with van der Waals surface area (Å²) in [6.07, 6.45) is 1.26. The maximum absolute atomic E-state index is 13.7. The highest BCUT2D eigenvalue weighted by Crippen LogP contribution is 2.31. The summed E-state index contributed by atoms with van der Waals surface area (Å²) in [6, 6.07) is 2.47. The van der Waals surface area contributed by atoms with Gasteiger partial charge < -0.3 is 5.11 Å². The largest absolute Gasteiger partial charge is 0.480 e. The second kappa shape index (κ2) is 5.02. The van der Waals surface area contributed by atoms with Crippen LogP contribution >= 0.6 is 0 Å². The molecule has 0 bridgehead atoms. The third-order valence-electron chi connectivity index (χ3n) is 3.49. The summed E-state index contributed by atoms with van der Waals surface area (Å²) in [4.78, 5) is 12.7. The van der Waals surface area contributed by atoms with Gasteiger partial charge in [-0.3, -0.25) is 9.69 Å². The molecule has 0 amide bonds. The average Bonchev–Trinajstić information content (AvgIpc) is 2.77. The molecule has 1 aliphatic heterocycles. The number of aliphatic carboxylic acids is 1. The van der Waals surface area contributed by atoms with Crippen LogP contribution in [0.4, 0.5) is 8.78 Å². The van der Waals surface area contributed by atoms with Crippen LogP contribution in [-0.2, 0) is 4.79 Å². The van der Waals surface area contributed by atoms with Crippen LogP contribution in [0.15, 0.2) is 18.2 Å². The van der Waals surface area contributed by atoms with E-state index in [0.29, 0.717) is 13.0 Å². The molecule has 2 unspecified atom stereocenters. The number of hydrogen-bond acceptors (Lipinski definition) is 2. The van der Waals surface area contributed by atoms with Gasteiger partial charge in [-0.25, -0.2) is 8.78 Å². The van der Waals surface area contributed by atoms with Gasteiger partial charge in [-0.2, -0.15) is 0 Å². The van der Waals surface area contributed by atoms with E-state index in [4.69, 9.17) is 5.11 Å². The molecular weight excluding hydrogens is 240 g/mol. The minimum absolute atomic E-state index is 0.0503. The zero-order valence-electron chi connectivity index (χ0n) is 10.1. The fraction of sp³-hybridized carbons (Fsp3) is 0.462. The fourth-order valence-corrected chi connectivity index (χ4v) is 2.59. The van der Waals surface area contributed by atoms with Crippen LogP contribution < -0.4 is 0 Å². The zero-order valence-corrected chi connectivity index (χ0v) is 10.1. The summed E-state index contributed by atoms with van der Waals surface area (Å²) >= 11 is 0. The Morgan fingerprint density at radius 3 is 2.61 bits per heavy atom. The van der Waals surface area contributed by atoms with Gasteiger partial charge in [-0.1, -0.05) is 6.07 Å². The third kappa shape index (κ3) is 2.22. The summed E-state index contributed by atoms with van der Waals surface area (Å²) in [6.45, 7) is 2.19. The van der Waals surface area contributed by atoms with E-state index in [-0.39, 0.29) is 5.56 Å². The van der Waals surface area contributed by atoms with E-state index >= 15 is 0 Å². The molecule has 5 heteroatoms. The molecule has 0 aliphatic carbocycles. The summed E-state index contributed by atoms with van der Waals surface area (Å²) in [5, 5.41) is 9.09.